The van der Waals surface area contributed by atoms with Gasteiger partial charge in [0, 0.05) is 18.9 Å². The van der Waals surface area contributed by atoms with E-state index in [1.807, 2.05) is 0 Å². The third-order valence-corrected chi connectivity index (χ3v) is 3.06. The Kier molecular flexibility index (Phi) is 2.78. The molecule has 1 aliphatic carbocycles. The molecule has 4 nitrogen and oxygen atoms in total. The Morgan fingerprint density at radius 2 is 2.20 bits per heavy atom. The molecule has 1 atom stereocenters. The zero-order valence-corrected chi connectivity index (χ0v) is 9.71. The molecule has 15 heavy (non-hydrogen) atoms. The molecule has 0 saturated heterocycles. The molecule has 1 aromatic heterocycles. The van der Waals surface area contributed by atoms with Crippen molar-refractivity contribution in [2.24, 2.45) is 5.41 Å². The van der Waals surface area contributed by atoms with E-state index < -0.39 is 0 Å². The maximum absolute atomic E-state index is 5.63. The Hall–Kier alpha value is -0.900. The van der Waals surface area contributed by atoms with E-state index in [4.69, 9.17) is 4.42 Å². The summed E-state index contributed by atoms with van der Waals surface area (Å²) in [4.78, 5) is 0. The van der Waals surface area contributed by atoms with E-state index in [1.54, 1.807) is 0 Å². The zero-order chi connectivity index (χ0) is 10.9. The molecule has 84 valence electrons. The zero-order valence-electron chi connectivity index (χ0n) is 9.71. The van der Waals surface area contributed by atoms with Crippen molar-refractivity contribution in [3.05, 3.63) is 11.8 Å². The lowest BCUT2D eigenvalue weighted by atomic mass is 10.1. The van der Waals surface area contributed by atoms with E-state index in [0.717, 1.165) is 31.3 Å². The van der Waals surface area contributed by atoms with Crippen LogP contribution in [0.25, 0.3) is 0 Å². The second kappa shape index (κ2) is 3.93. The Morgan fingerprint density at radius 1 is 1.47 bits per heavy atom. The van der Waals surface area contributed by atoms with Gasteiger partial charge in [0.05, 0.1) is 0 Å². The highest BCUT2D eigenvalue weighted by molar-refractivity contribution is 5.12. The number of hydrogen-bond donors (Lipinski definition) is 1. The molecule has 2 rings (SSSR count). The first-order chi connectivity index (χ1) is 7.13. The Morgan fingerprint density at radius 3 is 2.80 bits per heavy atom. The van der Waals surface area contributed by atoms with Crippen LogP contribution in [0.4, 0.5) is 0 Å². The standard InChI is InChI=1S/C11H19N3O/c1-4-12-6-5-9-13-14-10(15-9)8-7-11(8,2)3/h8,12H,4-7H2,1-3H3. The number of aromatic nitrogens is 2. The highest BCUT2D eigenvalue weighted by Gasteiger charge is 2.50. The van der Waals surface area contributed by atoms with Crippen molar-refractivity contribution >= 4 is 0 Å². The van der Waals surface area contributed by atoms with Gasteiger partial charge in [0.2, 0.25) is 11.8 Å². The van der Waals surface area contributed by atoms with Crippen LogP contribution >= 0.6 is 0 Å². The third kappa shape index (κ3) is 2.37. The molecule has 1 aromatic rings. The number of rotatable bonds is 5. The minimum absolute atomic E-state index is 0.367. The fourth-order valence-corrected chi connectivity index (χ4v) is 1.77. The first-order valence-corrected chi connectivity index (χ1v) is 5.66. The fourth-order valence-electron chi connectivity index (χ4n) is 1.77. The van der Waals surface area contributed by atoms with Gasteiger partial charge in [-0.05, 0) is 18.4 Å². The monoisotopic (exact) mass is 209 g/mol. The average molecular weight is 209 g/mol. The molecule has 1 heterocycles. The van der Waals surface area contributed by atoms with Crippen LogP contribution in [0.3, 0.4) is 0 Å². The summed E-state index contributed by atoms with van der Waals surface area (Å²) >= 11 is 0. The van der Waals surface area contributed by atoms with Crippen molar-refractivity contribution in [2.75, 3.05) is 13.1 Å². The highest BCUT2D eigenvalue weighted by atomic mass is 16.4. The third-order valence-electron chi connectivity index (χ3n) is 3.06. The van der Waals surface area contributed by atoms with Crippen molar-refractivity contribution in [3.63, 3.8) is 0 Å². The smallest absolute Gasteiger partial charge is 0.220 e. The minimum Gasteiger partial charge on any atom is -0.425 e. The van der Waals surface area contributed by atoms with E-state index in [9.17, 15) is 0 Å². The molecular weight excluding hydrogens is 190 g/mol. The lowest BCUT2D eigenvalue weighted by Gasteiger charge is -1.97. The maximum Gasteiger partial charge on any atom is 0.220 e. The summed E-state index contributed by atoms with van der Waals surface area (Å²) < 4.78 is 5.63. The largest absolute Gasteiger partial charge is 0.425 e. The first kappa shape index (κ1) is 10.6. The van der Waals surface area contributed by atoms with Crippen LogP contribution in [0.15, 0.2) is 4.42 Å². The van der Waals surface area contributed by atoms with E-state index in [1.165, 1.54) is 6.42 Å². The maximum atomic E-state index is 5.63. The second-order valence-electron chi connectivity index (χ2n) is 4.88. The van der Waals surface area contributed by atoms with Gasteiger partial charge in [-0.1, -0.05) is 20.8 Å². The second-order valence-corrected chi connectivity index (χ2v) is 4.88. The van der Waals surface area contributed by atoms with Crippen LogP contribution < -0.4 is 5.32 Å². The van der Waals surface area contributed by atoms with Gasteiger partial charge in [-0.25, -0.2) is 0 Å². The highest BCUT2D eigenvalue weighted by Crippen LogP contribution is 2.58. The van der Waals surface area contributed by atoms with E-state index in [0.29, 0.717) is 11.3 Å². The molecule has 1 aliphatic rings. The van der Waals surface area contributed by atoms with E-state index in [-0.39, 0.29) is 0 Å². The van der Waals surface area contributed by atoms with Crippen LogP contribution in [0.5, 0.6) is 0 Å². The van der Waals surface area contributed by atoms with E-state index >= 15 is 0 Å². The number of nitrogens with zero attached hydrogens (tertiary/aromatic N) is 2. The first-order valence-electron chi connectivity index (χ1n) is 5.66. The summed E-state index contributed by atoms with van der Waals surface area (Å²) in [6.07, 6.45) is 2.00. The van der Waals surface area contributed by atoms with Gasteiger partial charge in [0.15, 0.2) is 0 Å². The van der Waals surface area contributed by atoms with Crippen molar-refractivity contribution in [3.8, 4) is 0 Å². The van der Waals surface area contributed by atoms with Crippen LogP contribution in [0.1, 0.15) is 44.9 Å². The predicted molar refractivity (Wildman–Crippen MR) is 57.7 cm³/mol. The lowest BCUT2D eigenvalue weighted by Crippen LogP contribution is -2.16. The Labute approximate surface area is 90.5 Å². The van der Waals surface area contributed by atoms with Crippen LogP contribution in [-0.4, -0.2) is 23.3 Å². The van der Waals surface area contributed by atoms with Gasteiger partial charge in [-0.3, -0.25) is 0 Å². The van der Waals surface area contributed by atoms with Crippen molar-refractivity contribution in [1.29, 1.82) is 0 Å². The van der Waals surface area contributed by atoms with Crippen LogP contribution in [0.2, 0.25) is 0 Å². The number of nitrogens with one attached hydrogen (secondary N) is 1. The Balaban J connectivity index is 1.88. The SMILES string of the molecule is CCNCCc1nnc(C2CC2(C)C)o1. The molecule has 0 bridgehead atoms. The van der Waals surface area contributed by atoms with Gasteiger partial charge >= 0.3 is 0 Å². The molecule has 1 unspecified atom stereocenters. The van der Waals surface area contributed by atoms with Gasteiger partial charge in [0.25, 0.3) is 0 Å². The van der Waals surface area contributed by atoms with Gasteiger partial charge in [-0.2, -0.15) is 0 Å². The summed E-state index contributed by atoms with van der Waals surface area (Å²) in [5.41, 5.74) is 0.367. The molecule has 1 fully saturated rings. The van der Waals surface area contributed by atoms with Gasteiger partial charge in [0.1, 0.15) is 0 Å². The average Bonchev–Trinajstić information content (AvgIpc) is 2.64. The molecule has 0 spiro atoms. The van der Waals surface area contributed by atoms with Crippen LogP contribution in [0, 0.1) is 5.41 Å². The van der Waals surface area contributed by atoms with Crippen LogP contribution in [-0.2, 0) is 6.42 Å². The molecular formula is C11H19N3O. The molecule has 4 heteroatoms. The summed E-state index contributed by atoms with van der Waals surface area (Å²) in [5.74, 6) is 2.07. The van der Waals surface area contributed by atoms with Crippen molar-refractivity contribution in [1.82, 2.24) is 15.5 Å². The lowest BCUT2D eigenvalue weighted by molar-refractivity contribution is 0.429. The van der Waals surface area contributed by atoms with Gasteiger partial charge in [-0.15, -0.1) is 10.2 Å². The minimum atomic E-state index is 0.367. The summed E-state index contributed by atoms with van der Waals surface area (Å²) in [6.45, 7) is 8.45. The summed E-state index contributed by atoms with van der Waals surface area (Å²) in [7, 11) is 0. The topological polar surface area (TPSA) is 51.0 Å². The summed E-state index contributed by atoms with van der Waals surface area (Å²) in [5, 5.41) is 11.4. The Bertz CT molecular complexity index is 332. The molecule has 0 aromatic carbocycles. The predicted octanol–water partition coefficient (Wildman–Crippen LogP) is 1.74. The normalized spacial score (nSPS) is 23.0. The molecule has 1 saturated carbocycles. The van der Waals surface area contributed by atoms with Crippen molar-refractivity contribution in [2.45, 2.75) is 39.5 Å². The quantitative estimate of drug-likeness (QED) is 0.750. The van der Waals surface area contributed by atoms with Crippen molar-refractivity contribution < 1.29 is 4.42 Å². The van der Waals surface area contributed by atoms with E-state index in [2.05, 4.69) is 36.3 Å². The number of likely N-dealkylation sites (N-methyl/N-ethyl adjacent to an activating group) is 1. The van der Waals surface area contributed by atoms with Gasteiger partial charge < -0.3 is 9.73 Å². The molecule has 1 N–H and O–H groups in total. The summed E-state index contributed by atoms with van der Waals surface area (Å²) in [6, 6.07) is 0. The molecule has 0 aliphatic heterocycles. The number of hydrogen-bond acceptors (Lipinski definition) is 4. The molecule has 0 radical (unpaired) electrons. The fraction of sp³-hybridized carbons (Fsp3) is 0.818. The molecule has 0 amide bonds.